The molecular formula is C40H35FN8O9. The fourth-order valence-electron chi connectivity index (χ4n) is 7.15. The lowest BCUT2D eigenvalue weighted by molar-refractivity contribution is 0.0447. The van der Waals surface area contributed by atoms with Gasteiger partial charge in [0.25, 0.3) is 23.6 Å². The minimum Gasteiger partial charge on any atom is -0.442 e. The maximum absolute atomic E-state index is 16.1. The summed E-state index contributed by atoms with van der Waals surface area (Å²) >= 11 is 0. The smallest absolute Gasteiger partial charge is 0.419 e. The van der Waals surface area contributed by atoms with Crippen LogP contribution in [0, 0.1) is 5.82 Å². The van der Waals surface area contributed by atoms with Gasteiger partial charge in [-0.1, -0.05) is 24.3 Å². The molecule has 0 N–H and O–H groups in total. The van der Waals surface area contributed by atoms with Crippen molar-refractivity contribution < 1.29 is 47.4 Å². The molecule has 3 aromatic carbocycles. The van der Waals surface area contributed by atoms with E-state index in [4.69, 9.17) is 14.2 Å². The molecule has 5 heterocycles. The van der Waals surface area contributed by atoms with Crippen LogP contribution in [0.2, 0.25) is 0 Å². The van der Waals surface area contributed by atoms with Gasteiger partial charge in [-0.15, -0.1) is 0 Å². The first kappa shape index (κ1) is 37.7. The minimum atomic E-state index is -1.27. The molecule has 4 amide bonds. The Morgan fingerprint density at radius 2 is 1.14 bits per heavy atom. The van der Waals surface area contributed by atoms with Crippen molar-refractivity contribution >= 4 is 47.2 Å². The number of aromatic nitrogens is 4. The predicted octanol–water partition coefficient (Wildman–Crippen LogP) is 3.56. The molecule has 58 heavy (non-hydrogen) atoms. The van der Waals surface area contributed by atoms with Crippen molar-refractivity contribution in [3.05, 3.63) is 132 Å². The quantitative estimate of drug-likeness (QED) is 0.168. The third kappa shape index (κ3) is 7.51. The molecule has 0 saturated carbocycles. The molecule has 8 rings (SSSR count). The van der Waals surface area contributed by atoms with Gasteiger partial charge in [0, 0.05) is 43.6 Å². The molecule has 1 saturated heterocycles. The number of halogens is 1. The molecule has 5 aromatic rings. The number of fused-ring (bicyclic) bond motifs is 2. The molecular weight excluding hydrogens is 755 g/mol. The molecule has 296 valence electrons. The van der Waals surface area contributed by atoms with E-state index in [0.717, 1.165) is 18.9 Å². The summed E-state index contributed by atoms with van der Waals surface area (Å²) < 4.78 is 35.5. The van der Waals surface area contributed by atoms with E-state index >= 15 is 4.39 Å². The predicted molar refractivity (Wildman–Crippen MR) is 201 cm³/mol. The lowest BCUT2D eigenvalue weighted by atomic mass is 10.1. The summed E-state index contributed by atoms with van der Waals surface area (Å²) in [6, 6.07) is 17.0. The van der Waals surface area contributed by atoms with E-state index in [2.05, 4.69) is 9.97 Å². The summed E-state index contributed by atoms with van der Waals surface area (Å²) in [6.07, 6.45) is 3.54. The summed E-state index contributed by atoms with van der Waals surface area (Å²) in [6.45, 7) is 0.299. The third-order valence-electron chi connectivity index (χ3n) is 9.99. The topological polar surface area (TPSA) is 179 Å². The summed E-state index contributed by atoms with van der Waals surface area (Å²) in [7, 11) is 0. The molecule has 2 aromatic heterocycles. The monoisotopic (exact) mass is 790 g/mol. The van der Waals surface area contributed by atoms with Crippen LogP contribution < -0.4 is 9.80 Å². The van der Waals surface area contributed by atoms with Gasteiger partial charge in [0.15, 0.2) is 0 Å². The van der Waals surface area contributed by atoms with E-state index in [1.807, 2.05) is 4.90 Å². The second-order valence-electron chi connectivity index (χ2n) is 13.6. The van der Waals surface area contributed by atoms with Gasteiger partial charge in [-0.25, -0.2) is 33.1 Å². The molecule has 0 radical (unpaired) electrons. The van der Waals surface area contributed by atoms with Crippen LogP contribution in [0.25, 0.3) is 0 Å². The summed E-state index contributed by atoms with van der Waals surface area (Å²) in [4.78, 5) is 94.1. The maximum Gasteiger partial charge on any atom is 0.419 e. The number of imide groups is 2. The summed E-state index contributed by atoms with van der Waals surface area (Å²) in [5, 5.41) is 0. The highest BCUT2D eigenvalue weighted by molar-refractivity contribution is 6.22. The van der Waals surface area contributed by atoms with Crippen LogP contribution in [-0.4, -0.2) is 129 Å². The largest absolute Gasteiger partial charge is 0.442 e. The molecule has 3 aliphatic rings. The Balaban J connectivity index is 1.15. The molecule has 2 atom stereocenters. The minimum absolute atomic E-state index is 0.178. The number of morpholine rings is 1. The number of ether oxygens (including phenoxy) is 3. The SMILES string of the molecule is O=C1c2ccccc2C(=O)N1C[C@@H](CN(C[C@H](CN1C(=O)c2ccccc2C1=O)OC(=O)n1ccnc1)c1ccc(N2CCOCC2)c(F)c1)OC(=O)n1ccnc1. The first-order valence-electron chi connectivity index (χ1n) is 18.3. The molecule has 1 fully saturated rings. The molecule has 0 unspecified atom stereocenters. The highest BCUT2D eigenvalue weighted by Crippen LogP contribution is 2.29. The van der Waals surface area contributed by atoms with Gasteiger partial charge in [0.1, 0.15) is 30.7 Å². The number of carbonyl (C=O) groups excluding carboxylic acids is 6. The van der Waals surface area contributed by atoms with Crippen molar-refractivity contribution in [2.75, 3.05) is 62.3 Å². The zero-order valence-electron chi connectivity index (χ0n) is 30.8. The second kappa shape index (κ2) is 16.1. The van der Waals surface area contributed by atoms with E-state index in [1.54, 1.807) is 41.3 Å². The number of amides is 4. The summed E-state index contributed by atoms with van der Waals surface area (Å²) in [5.74, 6) is -3.00. The fourth-order valence-corrected chi connectivity index (χ4v) is 7.15. The lowest BCUT2D eigenvalue weighted by Crippen LogP contribution is -2.49. The van der Waals surface area contributed by atoms with E-state index in [0.29, 0.717) is 32.0 Å². The van der Waals surface area contributed by atoms with Crippen molar-refractivity contribution in [2.45, 2.75) is 12.2 Å². The van der Waals surface area contributed by atoms with E-state index in [-0.39, 0.29) is 41.0 Å². The Labute approximate surface area is 329 Å². The standard InChI is InChI=1S/C40H35FN8O9/c41-33-19-26(9-10-34(33)44-15-17-56-18-16-44)47(20-27(57-39(54)45-13-11-42-24-45)22-48-35(50)29-5-1-2-6-30(29)36(48)51)21-28(58-40(55)46-14-12-43-25-46)23-49-37(52)31-7-3-4-8-32(31)38(49)53/h1-14,19,24-25,27-28H,15-18,20-23H2/t27-,28-/m1/s1. The van der Waals surface area contributed by atoms with Gasteiger partial charge in [-0.3, -0.25) is 29.0 Å². The first-order valence-corrected chi connectivity index (χ1v) is 18.3. The van der Waals surface area contributed by atoms with Crippen LogP contribution in [0.1, 0.15) is 41.4 Å². The normalized spacial score (nSPS) is 16.0. The number of benzene rings is 3. The van der Waals surface area contributed by atoms with E-state index in [9.17, 15) is 28.8 Å². The van der Waals surface area contributed by atoms with Gasteiger partial charge in [0.2, 0.25) is 0 Å². The first-order chi connectivity index (χ1) is 28.2. The van der Waals surface area contributed by atoms with Gasteiger partial charge in [-0.2, -0.15) is 0 Å². The van der Waals surface area contributed by atoms with Crippen LogP contribution in [0.5, 0.6) is 0 Å². The highest BCUT2D eigenvalue weighted by atomic mass is 19.1. The summed E-state index contributed by atoms with van der Waals surface area (Å²) in [5.41, 5.74) is 1.26. The van der Waals surface area contributed by atoms with Crippen molar-refractivity contribution in [3.8, 4) is 0 Å². The maximum atomic E-state index is 16.1. The van der Waals surface area contributed by atoms with Crippen LogP contribution >= 0.6 is 0 Å². The van der Waals surface area contributed by atoms with Gasteiger partial charge in [0.05, 0.1) is 67.3 Å². The second-order valence-corrected chi connectivity index (χ2v) is 13.6. The average molecular weight is 791 g/mol. The Hall–Kier alpha value is -7.21. The Morgan fingerprint density at radius 3 is 1.53 bits per heavy atom. The highest BCUT2D eigenvalue weighted by Gasteiger charge is 2.40. The molecule has 17 nitrogen and oxygen atoms in total. The molecule has 3 aliphatic heterocycles. The zero-order valence-corrected chi connectivity index (χ0v) is 30.8. The van der Waals surface area contributed by atoms with E-state index in [1.165, 1.54) is 67.8 Å². The number of nitrogens with zero attached hydrogens (tertiary/aromatic N) is 8. The zero-order chi connectivity index (χ0) is 40.3. The third-order valence-corrected chi connectivity index (χ3v) is 9.99. The fraction of sp³-hybridized carbons (Fsp3) is 0.250. The lowest BCUT2D eigenvalue weighted by Gasteiger charge is -2.34. The van der Waals surface area contributed by atoms with Crippen LogP contribution in [0.4, 0.5) is 25.4 Å². The van der Waals surface area contributed by atoms with Crippen molar-refractivity contribution in [2.24, 2.45) is 0 Å². The molecule has 18 heteroatoms. The van der Waals surface area contributed by atoms with E-state index < -0.39 is 66.9 Å². The van der Waals surface area contributed by atoms with Crippen LogP contribution in [0.15, 0.2) is 104 Å². The molecule has 0 aliphatic carbocycles. The van der Waals surface area contributed by atoms with Crippen molar-refractivity contribution in [1.82, 2.24) is 28.9 Å². The van der Waals surface area contributed by atoms with Gasteiger partial charge >= 0.3 is 12.2 Å². The number of imidazole rings is 2. The Bertz CT molecular complexity index is 2180. The molecule has 0 bridgehead atoms. The Kier molecular flexibility index (Phi) is 10.5. The Morgan fingerprint density at radius 1 is 0.690 bits per heavy atom. The number of anilines is 2. The van der Waals surface area contributed by atoms with Gasteiger partial charge < -0.3 is 24.0 Å². The van der Waals surface area contributed by atoms with Crippen molar-refractivity contribution in [1.29, 1.82) is 0 Å². The number of hydrogen-bond acceptors (Lipinski definition) is 13. The number of carbonyl (C=O) groups is 6. The van der Waals surface area contributed by atoms with Gasteiger partial charge in [-0.05, 0) is 42.5 Å². The van der Waals surface area contributed by atoms with Crippen molar-refractivity contribution in [3.63, 3.8) is 0 Å². The van der Waals surface area contributed by atoms with Crippen LogP contribution in [-0.2, 0) is 14.2 Å². The average Bonchev–Trinajstić information content (AvgIpc) is 4.06. The van der Waals surface area contributed by atoms with Crippen LogP contribution in [0.3, 0.4) is 0 Å². The number of hydrogen-bond donors (Lipinski definition) is 0. The number of rotatable bonds is 12. The molecule has 0 spiro atoms.